The van der Waals surface area contributed by atoms with Crippen LogP contribution in [0.25, 0.3) is 0 Å². The lowest BCUT2D eigenvalue weighted by atomic mass is 10.1. The molecule has 1 amide bonds. The number of carbonyl (C=O) groups is 1. The molecule has 16 heavy (non-hydrogen) atoms. The third kappa shape index (κ3) is 2.29. The van der Waals surface area contributed by atoms with Gasteiger partial charge in [0.05, 0.1) is 0 Å². The highest BCUT2D eigenvalue weighted by Gasteiger charge is 2.21. The second kappa shape index (κ2) is 4.58. The molecule has 1 aliphatic rings. The molecule has 0 saturated carbocycles. The molecular weight excluding hydrogens is 266 g/mol. The van der Waals surface area contributed by atoms with Gasteiger partial charge >= 0.3 is 0 Å². The van der Waals surface area contributed by atoms with Crippen molar-refractivity contribution in [2.75, 3.05) is 11.4 Å². The smallest absolute Gasteiger partial charge is 0.223 e. The van der Waals surface area contributed by atoms with Crippen LogP contribution in [0.3, 0.4) is 0 Å². The normalized spacial score (nSPS) is 16.1. The Kier molecular flexibility index (Phi) is 3.33. The van der Waals surface area contributed by atoms with E-state index in [-0.39, 0.29) is 5.91 Å². The van der Waals surface area contributed by atoms with Crippen LogP contribution in [0.4, 0.5) is 5.69 Å². The molecule has 0 N–H and O–H groups in total. The average molecular weight is 282 g/mol. The lowest BCUT2D eigenvalue weighted by Crippen LogP contribution is -2.25. The van der Waals surface area contributed by atoms with Gasteiger partial charge in [-0.3, -0.25) is 4.79 Å². The topological polar surface area (TPSA) is 20.3 Å². The fourth-order valence-corrected chi connectivity index (χ4v) is 2.61. The molecule has 1 aromatic rings. The van der Waals surface area contributed by atoms with E-state index in [0.717, 1.165) is 25.1 Å². The zero-order valence-corrected chi connectivity index (χ0v) is 11.3. The zero-order valence-electron chi connectivity index (χ0n) is 9.66. The molecule has 2 nitrogen and oxygen atoms in total. The number of anilines is 1. The van der Waals surface area contributed by atoms with E-state index in [0.29, 0.717) is 4.83 Å². The number of fused-ring (bicyclic) bond motifs is 1. The Labute approximate surface area is 105 Å². The van der Waals surface area contributed by atoms with Crippen molar-refractivity contribution in [3.8, 4) is 0 Å². The van der Waals surface area contributed by atoms with Crippen molar-refractivity contribution in [1.29, 1.82) is 0 Å². The minimum atomic E-state index is 0.139. The summed E-state index contributed by atoms with van der Waals surface area (Å²) in [5, 5.41) is 0. The fourth-order valence-electron chi connectivity index (χ4n) is 2.23. The van der Waals surface area contributed by atoms with E-state index < -0.39 is 0 Å². The molecule has 3 heteroatoms. The van der Waals surface area contributed by atoms with Crippen LogP contribution < -0.4 is 4.90 Å². The Bertz CT molecular complexity index is 414. The highest BCUT2D eigenvalue weighted by Crippen LogP contribution is 2.29. The summed E-state index contributed by atoms with van der Waals surface area (Å²) in [6.45, 7) is 4.61. The molecule has 0 radical (unpaired) electrons. The van der Waals surface area contributed by atoms with Crippen LogP contribution >= 0.6 is 15.9 Å². The summed E-state index contributed by atoms with van der Waals surface area (Å²) in [7, 11) is 0. The predicted octanol–water partition coefficient (Wildman–Crippen LogP) is 2.92. The molecule has 0 bridgehead atoms. The van der Waals surface area contributed by atoms with Crippen molar-refractivity contribution in [3.63, 3.8) is 0 Å². The number of benzene rings is 1. The van der Waals surface area contributed by atoms with Crippen LogP contribution in [0.2, 0.25) is 0 Å². The van der Waals surface area contributed by atoms with E-state index in [4.69, 9.17) is 0 Å². The third-order valence-corrected chi connectivity index (χ3v) is 3.26. The first-order valence-corrected chi connectivity index (χ1v) is 6.53. The standard InChI is InChI=1S/C13H16BrNO/c1-9(14)7-11-3-4-13-12(8-11)5-6-15(13)10(2)16/h3-4,8-9H,5-7H2,1-2H3. The molecule has 0 saturated heterocycles. The maximum Gasteiger partial charge on any atom is 0.223 e. The molecule has 0 fully saturated rings. The summed E-state index contributed by atoms with van der Waals surface area (Å²) in [5.74, 6) is 0.139. The van der Waals surface area contributed by atoms with Crippen molar-refractivity contribution in [2.24, 2.45) is 0 Å². The molecule has 1 aromatic carbocycles. The van der Waals surface area contributed by atoms with Crippen molar-refractivity contribution in [3.05, 3.63) is 29.3 Å². The van der Waals surface area contributed by atoms with Gasteiger partial charge in [0.15, 0.2) is 0 Å². The van der Waals surface area contributed by atoms with E-state index in [9.17, 15) is 4.79 Å². The van der Waals surface area contributed by atoms with Gasteiger partial charge < -0.3 is 4.90 Å². The van der Waals surface area contributed by atoms with Gasteiger partial charge in [-0.05, 0) is 30.0 Å². The van der Waals surface area contributed by atoms with Crippen molar-refractivity contribution in [2.45, 2.75) is 31.5 Å². The maximum absolute atomic E-state index is 11.4. The second-order valence-corrected chi connectivity index (χ2v) is 5.93. The first-order valence-electron chi connectivity index (χ1n) is 5.62. The van der Waals surface area contributed by atoms with Gasteiger partial charge in [-0.1, -0.05) is 35.0 Å². The summed E-state index contributed by atoms with van der Waals surface area (Å²) < 4.78 is 0. The van der Waals surface area contributed by atoms with E-state index >= 15 is 0 Å². The predicted molar refractivity (Wildman–Crippen MR) is 70.3 cm³/mol. The number of hydrogen-bond donors (Lipinski definition) is 0. The molecule has 0 aromatic heterocycles. The quantitative estimate of drug-likeness (QED) is 0.764. The molecule has 1 aliphatic heterocycles. The van der Waals surface area contributed by atoms with Crippen LogP contribution in [0, 0.1) is 0 Å². The minimum absolute atomic E-state index is 0.139. The van der Waals surface area contributed by atoms with Gasteiger partial charge in [0, 0.05) is 24.0 Å². The number of rotatable bonds is 2. The molecule has 0 spiro atoms. The van der Waals surface area contributed by atoms with Crippen molar-refractivity contribution < 1.29 is 4.79 Å². The molecule has 86 valence electrons. The highest BCUT2D eigenvalue weighted by molar-refractivity contribution is 9.09. The summed E-state index contributed by atoms with van der Waals surface area (Å²) in [4.78, 5) is 13.7. The number of nitrogens with zero attached hydrogens (tertiary/aromatic N) is 1. The van der Waals surface area contributed by atoms with Gasteiger partial charge in [0.1, 0.15) is 0 Å². The van der Waals surface area contributed by atoms with E-state index in [1.165, 1.54) is 11.1 Å². The largest absolute Gasteiger partial charge is 0.312 e. The Hall–Kier alpha value is -0.830. The summed E-state index contributed by atoms with van der Waals surface area (Å²) in [5.41, 5.74) is 3.74. The third-order valence-electron chi connectivity index (χ3n) is 2.94. The Morgan fingerprint density at radius 3 is 2.94 bits per heavy atom. The monoisotopic (exact) mass is 281 g/mol. The van der Waals surface area contributed by atoms with E-state index in [1.807, 2.05) is 4.90 Å². The lowest BCUT2D eigenvalue weighted by Gasteiger charge is -2.15. The maximum atomic E-state index is 11.4. The Morgan fingerprint density at radius 2 is 2.31 bits per heavy atom. The first kappa shape index (κ1) is 11.6. The van der Waals surface area contributed by atoms with Gasteiger partial charge in [-0.2, -0.15) is 0 Å². The van der Waals surface area contributed by atoms with Gasteiger partial charge in [-0.25, -0.2) is 0 Å². The molecule has 2 rings (SSSR count). The highest BCUT2D eigenvalue weighted by atomic mass is 79.9. The first-order chi connectivity index (χ1) is 7.58. The van der Waals surface area contributed by atoms with Crippen LogP contribution in [-0.2, 0) is 17.6 Å². The summed E-state index contributed by atoms with van der Waals surface area (Å²) in [6, 6.07) is 6.43. The Balaban J connectivity index is 2.25. The number of halogens is 1. The summed E-state index contributed by atoms with van der Waals surface area (Å²) >= 11 is 3.56. The number of alkyl halides is 1. The Morgan fingerprint density at radius 1 is 1.56 bits per heavy atom. The van der Waals surface area contributed by atoms with Gasteiger partial charge in [0.2, 0.25) is 5.91 Å². The lowest BCUT2D eigenvalue weighted by molar-refractivity contribution is -0.116. The van der Waals surface area contributed by atoms with Crippen molar-refractivity contribution >= 4 is 27.5 Å². The SMILES string of the molecule is CC(=O)N1CCc2cc(CC(C)Br)ccc21. The second-order valence-electron chi connectivity index (χ2n) is 4.37. The van der Waals surface area contributed by atoms with Crippen LogP contribution in [0.15, 0.2) is 18.2 Å². The van der Waals surface area contributed by atoms with Gasteiger partial charge in [0.25, 0.3) is 0 Å². The van der Waals surface area contributed by atoms with E-state index in [1.54, 1.807) is 6.92 Å². The van der Waals surface area contributed by atoms with Crippen molar-refractivity contribution in [1.82, 2.24) is 0 Å². The molecule has 1 unspecified atom stereocenters. The fraction of sp³-hybridized carbons (Fsp3) is 0.462. The number of carbonyl (C=O) groups excluding carboxylic acids is 1. The molecule has 1 heterocycles. The van der Waals surface area contributed by atoms with Crippen LogP contribution in [0.1, 0.15) is 25.0 Å². The molecular formula is C13H16BrNO. The average Bonchev–Trinajstić information content (AvgIpc) is 2.59. The summed E-state index contributed by atoms with van der Waals surface area (Å²) in [6.07, 6.45) is 2.02. The number of amides is 1. The zero-order chi connectivity index (χ0) is 11.7. The van der Waals surface area contributed by atoms with Gasteiger partial charge in [-0.15, -0.1) is 0 Å². The molecule has 1 atom stereocenters. The molecule has 0 aliphatic carbocycles. The van der Waals surface area contributed by atoms with Crippen LogP contribution in [-0.4, -0.2) is 17.3 Å². The minimum Gasteiger partial charge on any atom is -0.312 e. The number of hydrogen-bond acceptors (Lipinski definition) is 1. The van der Waals surface area contributed by atoms with E-state index in [2.05, 4.69) is 41.1 Å². The van der Waals surface area contributed by atoms with Crippen LogP contribution in [0.5, 0.6) is 0 Å².